The van der Waals surface area contributed by atoms with Crippen molar-refractivity contribution in [1.29, 1.82) is 0 Å². The zero-order chi connectivity index (χ0) is 21.0. The van der Waals surface area contributed by atoms with Crippen molar-refractivity contribution in [2.24, 2.45) is 0 Å². The fraction of sp³-hybridized carbons (Fsp3) is 0.200. The lowest BCUT2D eigenvalue weighted by Gasteiger charge is -2.14. The van der Waals surface area contributed by atoms with Crippen LogP contribution in [0.3, 0.4) is 0 Å². The monoisotopic (exact) mass is 460 g/mol. The molecule has 0 N–H and O–H groups in total. The minimum absolute atomic E-state index is 0.190. The molecule has 1 aromatic heterocycles. The highest BCUT2D eigenvalue weighted by atomic mass is 79.9. The molecule has 4 nitrogen and oxygen atoms in total. The molecule has 0 atom stereocenters. The molecule has 0 spiro atoms. The second-order valence-electron chi connectivity index (χ2n) is 7.83. The highest BCUT2D eigenvalue weighted by molar-refractivity contribution is 9.10. The molecule has 0 fully saturated rings. The standard InChI is InChI=1S/C25H21BrN2O2/c1-3-4-12-27-24(29)17-6-5-7-22(23(17)25(27)30)28-20-10-8-15(2)13-18(20)19-14-16(26)9-11-21(19)28/h5-11,13-14H,3-4,12H2,1-2H3. The minimum Gasteiger partial charge on any atom is -0.308 e. The van der Waals surface area contributed by atoms with Crippen molar-refractivity contribution >= 4 is 49.6 Å². The van der Waals surface area contributed by atoms with Crippen molar-refractivity contribution in [2.45, 2.75) is 26.7 Å². The SMILES string of the molecule is CCCCN1C(=O)c2cccc(-n3c4ccc(C)cc4c4cc(Br)ccc43)c2C1=O. The van der Waals surface area contributed by atoms with E-state index in [1.165, 1.54) is 10.5 Å². The Morgan fingerprint density at radius 1 is 0.900 bits per heavy atom. The molecule has 0 saturated heterocycles. The molecule has 30 heavy (non-hydrogen) atoms. The lowest BCUT2D eigenvalue weighted by atomic mass is 10.1. The van der Waals surface area contributed by atoms with Crippen molar-refractivity contribution in [1.82, 2.24) is 9.47 Å². The number of fused-ring (bicyclic) bond motifs is 4. The summed E-state index contributed by atoms with van der Waals surface area (Å²) in [5.41, 5.74) is 4.97. The Hall–Kier alpha value is -2.92. The summed E-state index contributed by atoms with van der Waals surface area (Å²) < 4.78 is 3.12. The van der Waals surface area contributed by atoms with Crippen molar-refractivity contribution in [3.8, 4) is 5.69 Å². The maximum absolute atomic E-state index is 13.3. The molecule has 1 aliphatic heterocycles. The maximum atomic E-state index is 13.3. The van der Waals surface area contributed by atoms with Gasteiger partial charge in [0, 0.05) is 21.8 Å². The summed E-state index contributed by atoms with van der Waals surface area (Å²) >= 11 is 3.59. The number of hydrogen-bond donors (Lipinski definition) is 0. The number of benzene rings is 3. The van der Waals surface area contributed by atoms with Crippen molar-refractivity contribution in [3.63, 3.8) is 0 Å². The van der Waals surface area contributed by atoms with Gasteiger partial charge in [0.2, 0.25) is 0 Å². The van der Waals surface area contributed by atoms with E-state index in [1.807, 2.05) is 18.2 Å². The smallest absolute Gasteiger partial charge is 0.263 e. The highest BCUT2D eigenvalue weighted by Gasteiger charge is 2.37. The Balaban J connectivity index is 1.82. The first-order valence-electron chi connectivity index (χ1n) is 10.2. The van der Waals surface area contributed by atoms with Crippen LogP contribution in [-0.4, -0.2) is 27.8 Å². The fourth-order valence-electron chi connectivity index (χ4n) is 4.39. The summed E-state index contributed by atoms with van der Waals surface area (Å²) in [5, 5.41) is 2.24. The minimum atomic E-state index is -0.196. The Morgan fingerprint density at radius 2 is 1.63 bits per heavy atom. The number of rotatable bonds is 4. The molecule has 2 amide bonds. The Morgan fingerprint density at radius 3 is 2.40 bits per heavy atom. The number of unbranched alkanes of at least 4 members (excludes halogenated alkanes) is 1. The number of aryl methyl sites for hydroxylation is 1. The summed E-state index contributed by atoms with van der Waals surface area (Å²) in [6.07, 6.45) is 1.74. The van der Waals surface area contributed by atoms with Gasteiger partial charge >= 0.3 is 0 Å². The number of nitrogens with zero attached hydrogens (tertiary/aromatic N) is 2. The average Bonchev–Trinajstić information content (AvgIpc) is 3.18. The molecular weight excluding hydrogens is 440 g/mol. The van der Waals surface area contributed by atoms with E-state index in [9.17, 15) is 9.59 Å². The lowest BCUT2D eigenvalue weighted by molar-refractivity contribution is 0.0652. The second kappa shape index (κ2) is 7.10. The van der Waals surface area contributed by atoms with E-state index in [4.69, 9.17) is 0 Å². The van der Waals surface area contributed by atoms with Gasteiger partial charge in [-0.25, -0.2) is 0 Å². The summed E-state index contributed by atoms with van der Waals surface area (Å²) in [4.78, 5) is 27.6. The third-order valence-corrected chi connectivity index (χ3v) is 6.33. The summed E-state index contributed by atoms with van der Waals surface area (Å²) in [7, 11) is 0. The number of carbonyl (C=O) groups is 2. The van der Waals surface area contributed by atoms with E-state index in [2.05, 4.69) is 64.7 Å². The van der Waals surface area contributed by atoms with Crippen LogP contribution in [-0.2, 0) is 0 Å². The predicted octanol–water partition coefficient (Wildman–Crippen LogP) is 6.25. The summed E-state index contributed by atoms with van der Waals surface area (Å²) in [6, 6.07) is 18.1. The second-order valence-corrected chi connectivity index (χ2v) is 8.75. The number of amides is 2. The largest absolute Gasteiger partial charge is 0.308 e. The van der Waals surface area contributed by atoms with Gasteiger partial charge in [0.05, 0.1) is 27.8 Å². The molecule has 5 rings (SSSR count). The van der Waals surface area contributed by atoms with E-state index in [-0.39, 0.29) is 11.8 Å². The number of carbonyl (C=O) groups excluding carboxylic acids is 2. The van der Waals surface area contributed by atoms with Gasteiger partial charge < -0.3 is 4.57 Å². The average molecular weight is 461 g/mol. The molecule has 2 heterocycles. The Bertz CT molecular complexity index is 1290. The van der Waals surface area contributed by atoms with Gasteiger partial charge in [-0.2, -0.15) is 0 Å². The quantitative estimate of drug-likeness (QED) is 0.337. The van der Waals surface area contributed by atoms with Crippen molar-refractivity contribution in [3.05, 3.63) is 75.8 Å². The van der Waals surface area contributed by atoms with Crippen LogP contribution in [0.15, 0.2) is 59.1 Å². The summed E-state index contributed by atoms with van der Waals surface area (Å²) in [5.74, 6) is -0.386. The topological polar surface area (TPSA) is 42.3 Å². The predicted molar refractivity (Wildman–Crippen MR) is 123 cm³/mol. The highest BCUT2D eigenvalue weighted by Crippen LogP contribution is 2.37. The van der Waals surface area contributed by atoms with Crippen LogP contribution in [0, 0.1) is 6.92 Å². The normalized spacial score (nSPS) is 13.6. The van der Waals surface area contributed by atoms with Gasteiger partial charge in [-0.3, -0.25) is 14.5 Å². The van der Waals surface area contributed by atoms with Gasteiger partial charge in [-0.1, -0.05) is 47.0 Å². The zero-order valence-corrected chi connectivity index (χ0v) is 18.5. The van der Waals surface area contributed by atoms with E-state index in [0.717, 1.165) is 44.8 Å². The van der Waals surface area contributed by atoms with Gasteiger partial charge in [0.1, 0.15) is 0 Å². The van der Waals surface area contributed by atoms with Gasteiger partial charge in [-0.05, 0) is 55.8 Å². The lowest BCUT2D eigenvalue weighted by Crippen LogP contribution is -2.30. The molecular formula is C25H21BrN2O2. The van der Waals surface area contributed by atoms with Crippen molar-refractivity contribution in [2.75, 3.05) is 6.54 Å². The molecule has 0 unspecified atom stereocenters. The first-order chi connectivity index (χ1) is 14.5. The van der Waals surface area contributed by atoms with Crippen LogP contribution < -0.4 is 0 Å². The number of aromatic nitrogens is 1. The third kappa shape index (κ3) is 2.72. The van der Waals surface area contributed by atoms with Gasteiger partial charge in [0.15, 0.2) is 0 Å². The van der Waals surface area contributed by atoms with E-state index >= 15 is 0 Å². The third-order valence-electron chi connectivity index (χ3n) is 5.84. The first kappa shape index (κ1) is 19.1. The Labute approximate surface area is 183 Å². The van der Waals surface area contributed by atoms with Crippen LogP contribution in [0.2, 0.25) is 0 Å². The number of hydrogen-bond acceptors (Lipinski definition) is 2. The molecule has 4 aromatic rings. The Kier molecular flexibility index (Phi) is 4.51. The molecule has 150 valence electrons. The van der Waals surface area contributed by atoms with Crippen LogP contribution in [0.25, 0.3) is 27.5 Å². The van der Waals surface area contributed by atoms with E-state index in [1.54, 1.807) is 6.07 Å². The molecule has 0 saturated carbocycles. The summed E-state index contributed by atoms with van der Waals surface area (Å²) in [6.45, 7) is 4.60. The van der Waals surface area contributed by atoms with Crippen LogP contribution in [0.5, 0.6) is 0 Å². The fourth-order valence-corrected chi connectivity index (χ4v) is 4.75. The van der Waals surface area contributed by atoms with Gasteiger partial charge in [0.25, 0.3) is 11.8 Å². The van der Waals surface area contributed by atoms with Gasteiger partial charge in [-0.15, -0.1) is 0 Å². The maximum Gasteiger partial charge on any atom is 0.263 e. The van der Waals surface area contributed by atoms with Crippen LogP contribution in [0.4, 0.5) is 0 Å². The molecule has 0 radical (unpaired) electrons. The number of imide groups is 1. The molecule has 1 aliphatic rings. The van der Waals surface area contributed by atoms with E-state index in [0.29, 0.717) is 17.7 Å². The van der Waals surface area contributed by atoms with Crippen LogP contribution >= 0.6 is 15.9 Å². The van der Waals surface area contributed by atoms with E-state index < -0.39 is 0 Å². The molecule has 5 heteroatoms. The molecule has 3 aromatic carbocycles. The van der Waals surface area contributed by atoms with Crippen molar-refractivity contribution < 1.29 is 9.59 Å². The molecule has 0 aliphatic carbocycles. The van der Waals surface area contributed by atoms with Crippen LogP contribution in [0.1, 0.15) is 46.0 Å². The zero-order valence-electron chi connectivity index (χ0n) is 16.9. The first-order valence-corrected chi connectivity index (χ1v) is 11.0. The number of halogens is 1. The molecule has 0 bridgehead atoms.